The van der Waals surface area contributed by atoms with Gasteiger partial charge < -0.3 is 0 Å². The van der Waals surface area contributed by atoms with Crippen molar-refractivity contribution in [1.82, 2.24) is 4.72 Å². The minimum Gasteiger partial charge on any atom is -0.214 e. The van der Waals surface area contributed by atoms with Crippen molar-refractivity contribution >= 4 is 33.4 Å². The summed E-state index contributed by atoms with van der Waals surface area (Å²) < 4.78 is 24.9. The van der Waals surface area contributed by atoms with E-state index in [-0.39, 0.29) is 11.6 Å². The SMILES string of the molecule is O=S(=O)(CCCl)NCC1CCCS1. The van der Waals surface area contributed by atoms with Crippen molar-refractivity contribution in [3.8, 4) is 0 Å². The third-order valence-electron chi connectivity index (χ3n) is 1.90. The Morgan fingerprint density at radius 3 is 2.85 bits per heavy atom. The number of nitrogens with one attached hydrogen (secondary N) is 1. The van der Waals surface area contributed by atoms with Gasteiger partial charge >= 0.3 is 0 Å². The maximum atomic E-state index is 11.2. The average molecular weight is 244 g/mol. The second-order valence-electron chi connectivity index (χ2n) is 2.99. The van der Waals surface area contributed by atoms with Crippen LogP contribution in [0.1, 0.15) is 12.8 Å². The van der Waals surface area contributed by atoms with Crippen molar-refractivity contribution in [1.29, 1.82) is 0 Å². The Hall–Kier alpha value is 0.550. The van der Waals surface area contributed by atoms with Crippen molar-refractivity contribution in [2.24, 2.45) is 0 Å². The van der Waals surface area contributed by atoms with Crippen molar-refractivity contribution < 1.29 is 8.42 Å². The van der Waals surface area contributed by atoms with Crippen molar-refractivity contribution in [3.63, 3.8) is 0 Å². The van der Waals surface area contributed by atoms with Crippen LogP contribution in [0.3, 0.4) is 0 Å². The highest BCUT2D eigenvalue weighted by Gasteiger charge is 2.18. The summed E-state index contributed by atoms with van der Waals surface area (Å²) in [5, 5.41) is 0.463. The zero-order chi connectivity index (χ0) is 9.73. The van der Waals surface area contributed by atoms with Crippen LogP contribution in [-0.4, -0.2) is 37.6 Å². The third-order valence-corrected chi connectivity index (χ3v) is 5.06. The van der Waals surface area contributed by atoms with E-state index < -0.39 is 10.0 Å². The van der Waals surface area contributed by atoms with Crippen LogP contribution < -0.4 is 4.72 Å². The summed E-state index contributed by atoms with van der Waals surface area (Å²) in [6.45, 7) is 0.559. The van der Waals surface area contributed by atoms with E-state index in [1.54, 1.807) is 0 Å². The van der Waals surface area contributed by atoms with E-state index in [1.807, 2.05) is 11.8 Å². The smallest absolute Gasteiger partial charge is 0.212 e. The molecule has 0 spiro atoms. The minimum atomic E-state index is -3.11. The predicted molar refractivity (Wildman–Crippen MR) is 58.0 cm³/mol. The molecule has 1 aliphatic rings. The fourth-order valence-electron chi connectivity index (χ4n) is 1.20. The van der Waals surface area contributed by atoms with Gasteiger partial charge in [0.1, 0.15) is 0 Å². The normalized spacial score (nSPS) is 23.6. The van der Waals surface area contributed by atoms with Crippen molar-refractivity contribution in [3.05, 3.63) is 0 Å². The topological polar surface area (TPSA) is 46.2 Å². The van der Waals surface area contributed by atoms with Crippen LogP contribution in [0, 0.1) is 0 Å². The van der Waals surface area contributed by atoms with Gasteiger partial charge in [-0.05, 0) is 18.6 Å². The summed E-state index contributed by atoms with van der Waals surface area (Å²) in [5.74, 6) is 1.33. The molecule has 1 heterocycles. The number of sulfonamides is 1. The molecule has 3 nitrogen and oxygen atoms in total. The van der Waals surface area contributed by atoms with Gasteiger partial charge in [0.25, 0.3) is 0 Å². The highest BCUT2D eigenvalue weighted by atomic mass is 35.5. The van der Waals surface area contributed by atoms with E-state index in [9.17, 15) is 8.42 Å². The quantitative estimate of drug-likeness (QED) is 0.734. The van der Waals surface area contributed by atoms with Crippen LogP contribution in [0.5, 0.6) is 0 Å². The highest BCUT2D eigenvalue weighted by Crippen LogP contribution is 2.25. The summed E-state index contributed by atoms with van der Waals surface area (Å²) in [6.07, 6.45) is 2.32. The molecule has 1 rings (SSSR count). The molecule has 0 amide bonds. The third kappa shape index (κ3) is 4.54. The number of hydrogen-bond acceptors (Lipinski definition) is 3. The molecular weight excluding hydrogens is 230 g/mol. The number of thioether (sulfide) groups is 1. The first-order valence-corrected chi connectivity index (χ1v) is 7.52. The van der Waals surface area contributed by atoms with Gasteiger partial charge in [0.15, 0.2) is 0 Å². The molecule has 1 unspecified atom stereocenters. The maximum Gasteiger partial charge on any atom is 0.212 e. The van der Waals surface area contributed by atoms with Gasteiger partial charge in [-0.1, -0.05) is 0 Å². The summed E-state index contributed by atoms with van der Waals surface area (Å²) in [7, 11) is -3.11. The lowest BCUT2D eigenvalue weighted by Gasteiger charge is -2.09. The first-order chi connectivity index (χ1) is 6.14. The van der Waals surface area contributed by atoms with Crippen LogP contribution in [0.2, 0.25) is 0 Å². The molecule has 0 bridgehead atoms. The summed E-state index contributed by atoms with van der Waals surface area (Å²) >= 11 is 7.20. The second-order valence-corrected chi connectivity index (χ2v) is 6.70. The molecule has 0 aromatic carbocycles. The maximum absolute atomic E-state index is 11.2. The molecule has 78 valence electrons. The van der Waals surface area contributed by atoms with Crippen LogP contribution in [-0.2, 0) is 10.0 Å². The molecule has 0 radical (unpaired) electrons. The molecule has 1 atom stereocenters. The van der Waals surface area contributed by atoms with Gasteiger partial charge in [0.2, 0.25) is 10.0 Å². The lowest BCUT2D eigenvalue weighted by atomic mass is 10.2. The Balaban J connectivity index is 2.24. The summed E-state index contributed by atoms with van der Waals surface area (Å²) in [6, 6.07) is 0. The minimum absolute atomic E-state index is 0.0198. The number of halogens is 1. The van der Waals surface area contributed by atoms with Gasteiger partial charge in [-0.15, -0.1) is 11.6 Å². The van der Waals surface area contributed by atoms with Crippen LogP contribution in [0.4, 0.5) is 0 Å². The lowest BCUT2D eigenvalue weighted by molar-refractivity contribution is 0.580. The van der Waals surface area contributed by atoms with Gasteiger partial charge in [-0.2, -0.15) is 11.8 Å². The summed E-state index contributed by atoms with van der Waals surface area (Å²) in [5.41, 5.74) is 0. The molecule has 1 aliphatic heterocycles. The summed E-state index contributed by atoms with van der Waals surface area (Å²) in [4.78, 5) is 0. The first-order valence-electron chi connectivity index (χ1n) is 4.29. The fourth-order valence-corrected chi connectivity index (χ4v) is 3.92. The Labute approximate surface area is 88.7 Å². The Morgan fingerprint density at radius 1 is 1.54 bits per heavy atom. The van der Waals surface area contributed by atoms with Gasteiger partial charge in [-0.25, -0.2) is 13.1 Å². The molecule has 6 heteroatoms. The average Bonchev–Trinajstić information content (AvgIpc) is 2.52. The molecule has 0 saturated carbocycles. The zero-order valence-electron chi connectivity index (χ0n) is 7.33. The van der Waals surface area contributed by atoms with Gasteiger partial charge in [-0.3, -0.25) is 0 Å². The van der Waals surface area contributed by atoms with E-state index in [4.69, 9.17) is 11.6 Å². The molecule has 1 N–H and O–H groups in total. The molecule has 13 heavy (non-hydrogen) atoms. The van der Waals surface area contributed by atoms with Crippen molar-refractivity contribution in [2.45, 2.75) is 18.1 Å². The Morgan fingerprint density at radius 2 is 2.31 bits per heavy atom. The molecular formula is C7H14ClNO2S2. The second kappa shape index (κ2) is 5.44. The predicted octanol–water partition coefficient (Wildman–Crippen LogP) is 1.04. The molecule has 1 fully saturated rings. The molecule has 1 saturated heterocycles. The van der Waals surface area contributed by atoms with Crippen molar-refractivity contribution in [2.75, 3.05) is 23.9 Å². The number of rotatable bonds is 5. The molecule has 0 aromatic heterocycles. The fraction of sp³-hybridized carbons (Fsp3) is 1.00. The first kappa shape index (κ1) is 11.6. The van der Waals surface area contributed by atoms with Gasteiger partial charge in [0, 0.05) is 17.7 Å². The van der Waals surface area contributed by atoms with E-state index >= 15 is 0 Å². The highest BCUT2D eigenvalue weighted by molar-refractivity contribution is 8.00. The molecule has 0 aliphatic carbocycles. The van der Waals surface area contributed by atoms with Crippen LogP contribution >= 0.6 is 23.4 Å². The Kier molecular flexibility index (Phi) is 4.86. The standard InChI is InChI=1S/C7H14ClNO2S2/c8-3-5-13(10,11)9-6-7-2-1-4-12-7/h7,9H,1-6H2. The van der Waals surface area contributed by atoms with Crippen LogP contribution in [0.25, 0.3) is 0 Å². The lowest BCUT2D eigenvalue weighted by Crippen LogP contribution is -2.32. The van der Waals surface area contributed by atoms with E-state index in [1.165, 1.54) is 6.42 Å². The van der Waals surface area contributed by atoms with Crippen LogP contribution in [0.15, 0.2) is 0 Å². The number of hydrogen-bond donors (Lipinski definition) is 1. The monoisotopic (exact) mass is 243 g/mol. The zero-order valence-corrected chi connectivity index (χ0v) is 9.72. The largest absolute Gasteiger partial charge is 0.214 e. The molecule has 0 aromatic rings. The van der Waals surface area contributed by atoms with E-state index in [0.717, 1.165) is 12.2 Å². The number of alkyl halides is 1. The van der Waals surface area contributed by atoms with Gasteiger partial charge in [0.05, 0.1) is 5.75 Å². The Bertz CT molecular complexity index is 237. The van der Waals surface area contributed by atoms with E-state index in [2.05, 4.69) is 4.72 Å². The van der Waals surface area contributed by atoms with E-state index in [0.29, 0.717) is 11.8 Å².